The van der Waals surface area contributed by atoms with Crippen molar-refractivity contribution in [3.63, 3.8) is 0 Å². The van der Waals surface area contributed by atoms with E-state index in [0.717, 1.165) is 5.56 Å². The van der Waals surface area contributed by atoms with Gasteiger partial charge in [0.25, 0.3) is 0 Å². The van der Waals surface area contributed by atoms with E-state index in [9.17, 15) is 10.2 Å². The Labute approximate surface area is 112 Å². The van der Waals surface area contributed by atoms with Crippen LogP contribution in [0.25, 0.3) is 0 Å². The second-order valence-electron chi connectivity index (χ2n) is 4.75. The Hall–Kier alpha value is -1.63. The predicted molar refractivity (Wildman–Crippen MR) is 73.2 cm³/mol. The second kappa shape index (κ2) is 7.08. The summed E-state index contributed by atoms with van der Waals surface area (Å²) in [6, 6.07) is 9.36. The summed E-state index contributed by atoms with van der Waals surface area (Å²) in [7, 11) is 0. The summed E-state index contributed by atoms with van der Waals surface area (Å²) in [6.07, 6.45) is 0. The molecule has 0 fully saturated rings. The Bertz CT molecular complexity index is 405. The minimum absolute atomic E-state index is 0.0805. The Kier molecular flexibility index (Phi) is 5.75. The number of nitrogens with zero attached hydrogens (tertiary/aromatic N) is 1. The van der Waals surface area contributed by atoms with E-state index in [1.807, 2.05) is 30.3 Å². The summed E-state index contributed by atoms with van der Waals surface area (Å²) in [5.74, 6) is -0.249. The van der Waals surface area contributed by atoms with Crippen molar-refractivity contribution < 1.29 is 15.4 Å². The normalized spacial score (nSPS) is 14.4. The van der Waals surface area contributed by atoms with Gasteiger partial charge >= 0.3 is 0 Å². The summed E-state index contributed by atoms with van der Waals surface area (Å²) in [4.78, 5) is 0. The third-order valence-corrected chi connectivity index (χ3v) is 3.11. The summed E-state index contributed by atoms with van der Waals surface area (Å²) in [5.41, 5.74) is 5.79. The number of hydrogen-bond acceptors (Lipinski definition) is 5. The van der Waals surface area contributed by atoms with Crippen LogP contribution in [0.15, 0.2) is 35.5 Å². The molecular weight excluding hydrogens is 246 g/mol. The van der Waals surface area contributed by atoms with Gasteiger partial charge in [-0.25, -0.2) is 0 Å². The molecular formula is C13H21N3O3. The van der Waals surface area contributed by atoms with Crippen molar-refractivity contribution in [2.24, 2.45) is 10.9 Å². The molecule has 19 heavy (non-hydrogen) atoms. The fourth-order valence-corrected chi connectivity index (χ4v) is 1.66. The van der Waals surface area contributed by atoms with Crippen LogP contribution in [0.3, 0.4) is 0 Å². The zero-order valence-corrected chi connectivity index (χ0v) is 11.0. The molecule has 0 heterocycles. The molecule has 1 atom stereocenters. The lowest BCUT2D eigenvalue weighted by Crippen LogP contribution is -2.51. The van der Waals surface area contributed by atoms with Crippen LogP contribution in [0.2, 0.25) is 0 Å². The van der Waals surface area contributed by atoms with Gasteiger partial charge in [0.15, 0.2) is 0 Å². The minimum atomic E-state index is -0.803. The Morgan fingerprint density at radius 2 is 1.89 bits per heavy atom. The average Bonchev–Trinajstić information content (AvgIpc) is 2.48. The number of nitrogens with one attached hydrogen (secondary N) is 1. The highest BCUT2D eigenvalue weighted by molar-refractivity contribution is 5.87. The molecule has 0 saturated heterocycles. The van der Waals surface area contributed by atoms with E-state index in [1.165, 1.54) is 0 Å². The third kappa shape index (κ3) is 4.20. The molecule has 0 radical (unpaired) electrons. The Morgan fingerprint density at radius 3 is 2.37 bits per heavy atom. The largest absolute Gasteiger partial charge is 0.409 e. The molecule has 0 spiro atoms. The molecule has 1 rings (SSSR count). The summed E-state index contributed by atoms with van der Waals surface area (Å²) in [6.45, 7) is 1.63. The predicted octanol–water partition coefficient (Wildman–Crippen LogP) is -0.150. The molecule has 0 bridgehead atoms. The van der Waals surface area contributed by atoms with Crippen LogP contribution in [-0.2, 0) is 0 Å². The van der Waals surface area contributed by atoms with Crippen molar-refractivity contribution in [2.45, 2.75) is 18.4 Å². The van der Waals surface area contributed by atoms with Gasteiger partial charge < -0.3 is 26.5 Å². The molecule has 0 amide bonds. The first kappa shape index (κ1) is 15.4. The van der Waals surface area contributed by atoms with Gasteiger partial charge in [-0.05, 0) is 12.5 Å². The number of hydrogen-bond donors (Lipinski definition) is 5. The van der Waals surface area contributed by atoms with Crippen molar-refractivity contribution >= 4 is 5.84 Å². The van der Waals surface area contributed by atoms with Crippen LogP contribution >= 0.6 is 0 Å². The number of aliphatic hydroxyl groups excluding tert-OH is 2. The Morgan fingerprint density at radius 1 is 1.32 bits per heavy atom. The van der Waals surface area contributed by atoms with Crippen LogP contribution in [0.1, 0.15) is 18.4 Å². The first-order chi connectivity index (χ1) is 9.06. The zero-order chi connectivity index (χ0) is 14.3. The van der Waals surface area contributed by atoms with Gasteiger partial charge in [0.1, 0.15) is 5.84 Å². The van der Waals surface area contributed by atoms with Crippen LogP contribution in [-0.4, -0.2) is 46.6 Å². The number of amidine groups is 1. The van der Waals surface area contributed by atoms with Gasteiger partial charge in [-0.15, -0.1) is 0 Å². The van der Waals surface area contributed by atoms with Gasteiger partial charge in [-0.2, -0.15) is 0 Å². The molecule has 1 aromatic carbocycles. The molecule has 1 aromatic rings. The monoisotopic (exact) mass is 267 g/mol. The second-order valence-corrected chi connectivity index (χ2v) is 4.75. The topological polar surface area (TPSA) is 111 Å². The van der Waals surface area contributed by atoms with Gasteiger partial charge in [-0.3, -0.25) is 0 Å². The number of aliphatic hydroxyl groups is 2. The van der Waals surface area contributed by atoms with E-state index in [-0.39, 0.29) is 25.0 Å². The average molecular weight is 267 g/mol. The maximum atomic E-state index is 9.23. The number of nitrogens with two attached hydrogens (primary N) is 1. The molecule has 0 aliphatic heterocycles. The molecule has 0 aliphatic rings. The van der Waals surface area contributed by atoms with E-state index >= 15 is 0 Å². The van der Waals surface area contributed by atoms with Gasteiger partial charge in [0.2, 0.25) is 0 Å². The van der Waals surface area contributed by atoms with Crippen LogP contribution in [0.4, 0.5) is 0 Å². The van der Waals surface area contributed by atoms with E-state index in [2.05, 4.69) is 10.5 Å². The van der Waals surface area contributed by atoms with Crippen LogP contribution in [0.5, 0.6) is 0 Å². The van der Waals surface area contributed by atoms with Crippen molar-refractivity contribution in [3.05, 3.63) is 35.9 Å². The van der Waals surface area contributed by atoms with Crippen LogP contribution in [0, 0.1) is 0 Å². The summed E-state index contributed by atoms with van der Waals surface area (Å²) in [5, 5.41) is 33.4. The molecule has 0 aliphatic carbocycles. The maximum Gasteiger partial charge on any atom is 0.147 e. The first-order valence-electron chi connectivity index (χ1n) is 6.05. The lowest BCUT2D eigenvalue weighted by atomic mass is 9.96. The van der Waals surface area contributed by atoms with Crippen molar-refractivity contribution in [1.29, 1.82) is 0 Å². The zero-order valence-electron chi connectivity index (χ0n) is 11.0. The Balaban J connectivity index is 2.83. The molecule has 1 unspecified atom stereocenters. The van der Waals surface area contributed by atoms with Crippen molar-refractivity contribution in [3.8, 4) is 0 Å². The minimum Gasteiger partial charge on any atom is -0.409 e. The summed E-state index contributed by atoms with van der Waals surface area (Å²) >= 11 is 0. The van der Waals surface area contributed by atoms with Gasteiger partial charge in [-0.1, -0.05) is 35.5 Å². The molecule has 106 valence electrons. The highest BCUT2D eigenvalue weighted by Crippen LogP contribution is 2.16. The highest BCUT2D eigenvalue weighted by atomic mass is 16.4. The van der Waals surface area contributed by atoms with Crippen LogP contribution < -0.4 is 11.1 Å². The molecule has 0 aromatic heterocycles. The van der Waals surface area contributed by atoms with Crippen molar-refractivity contribution in [1.82, 2.24) is 5.32 Å². The maximum absolute atomic E-state index is 9.23. The molecule has 0 saturated carbocycles. The van der Waals surface area contributed by atoms with E-state index in [1.54, 1.807) is 6.92 Å². The first-order valence-corrected chi connectivity index (χ1v) is 6.05. The highest BCUT2D eigenvalue weighted by Gasteiger charge is 2.25. The van der Waals surface area contributed by atoms with E-state index in [0.29, 0.717) is 6.54 Å². The van der Waals surface area contributed by atoms with Gasteiger partial charge in [0.05, 0.1) is 24.7 Å². The molecule has 6 nitrogen and oxygen atoms in total. The fourth-order valence-electron chi connectivity index (χ4n) is 1.66. The standard InChI is InChI=1S/C13H21N3O3/c1-13(8-17,9-18)15-7-11(12(14)16-19)10-5-3-2-4-6-10/h2-6,11,15,17-19H,7-9H2,1H3,(H2,14,16). The molecule has 6 heteroatoms. The van der Waals surface area contributed by atoms with Gasteiger partial charge in [0, 0.05) is 6.54 Å². The number of benzene rings is 1. The lowest BCUT2D eigenvalue weighted by Gasteiger charge is -2.29. The van der Waals surface area contributed by atoms with E-state index < -0.39 is 5.54 Å². The van der Waals surface area contributed by atoms with E-state index in [4.69, 9.17) is 10.9 Å². The lowest BCUT2D eigenvalue weighted by molar-refractivity contribution is 0.104. The number of rotatable bonds is 7. The third-order valence-electron chi connectivity index (χ3n) is 3.11. The number of oxime groups is 1. The quantitative estimate of drug-likeness (QED) is 0.204. The molecule has 6 N–H and O–H groups in total. The van der Waals surface area contributed by atoms with Crippen molar-refractivity contribution in [2.75, 3.05) is 19.8 Å². The summed E-state index contributed by atoms with van der Waals surface area (Å²) < 4.78 is 0. The smallest absolute Gasteiger partial charge is 0.147 e. The SMILES string of the molecule is CC(CO)(CO)NCC(/C(N)=N/O)c1ccccc1. The fraction of sp³-hybridized carbons (Fsp3) is 0.462.